The minimum Gasteiger partial charge on any atom is -0.462 e. The lowest BCUT2D eigenvalue weighted by Crippen LogP contribution is -2.04. The van der Waals surface area contributed by atoms with Gasteiger partial charge >= 0.3 is 5.97 Å². The first kappa shape index (κ1) is 15.1. The molecule has 4 rings (SSSR count). The van der Waals surface area contributed by atoms with Crippen LogP contribution in [0.1, 0.15) is 28.4 Å². The molecule has 2 N–H and O–H groups in total. The fourth-order valence-corrected chi connectivity index (χ4v) is 2.92. The molecule has 25 heavy (non-hydrogen) atoms. The average molecular weight is 333 g/mol. The van der Waals surface area contributed by atoms with Crippen molar-refractivity contribution in [3.05, 3.63) is 59.4 Å². The molecule has 3 aromatic rings. The van der Waals surface area contributed by atoms with Gasteiger partial charge in [0.05, 0.1) is 12.2 Å². The van der Waals surface area contributed by atoms with Crippen LogP contribution < -0.4 is 5.32 Å². The fourth-order valence-electron chi connectivity index (χ4n) is 2.92. The second kappa shape index (κ2) is 5.90. The first-order valence-electron chi connectivity index (χ1n) is 7.94. The fraction of sp³-hybridized carbons (Fsp3) is 0.105. The largest absolute Gasteiger partial charge is 0.462 e. The smallest absolute Gasteiger partial charge is 0.338 e. The lowest BCUT2D eigenvalue weighted by atomic mass is 10.0. The SMILES string of the molecule is CCOC(=O)c1ccc2c(c1)/C(=C\c1c[nH]c3ncccc13)C(=O)N2. The summed E-state index contributed by atoms with van der Waals surface area (Å²) in [6.45, 7) is 2.06. The molecule has 124 valence electrons. The number of esters is 1. The van der Waals surface area contributed by atoms with Crippen molar-refractivity contribution in [2.45, 2.75) is 6.92 Å². The predicted octanol–water partition coefficient (Wildman–Crippen LogP) is 3.23. The highest BCUT2D eigenvalue weighted by molar-refractivity contribution is 6.35. The average Bonchev–Trinajstić information content (AvgIpc) is 3.16. The summed E-state index contributed by atoms with van der Waals surface area (Å²) in [4.78, 5) is 31.7. The maximum absolute atomic E-state index is 12.4. The van der Waals surface area contributed by atoms with Crippen molar-refractivity contribution in [1.82, 2.24) is 9.97 Å². The van der Waals surface area contributed by atoms with Gasteiger partial charge in [0.15, 0.2) is 0 Å². The molecule has 0 unspecified atom stereocenters. The zero-order valence-electron chi connectivity index (χ0n) is 13.5. The summed E-state index contributed by atoms with van der Waals surface area (Å²) in [5.41, 5.74) is 3.92. The summed E-state index contributed by atoms with van der Waals surface area (Å²) in [7, 11) is 0. The van der Waals surface area contributed by atoms with Gasteiger partial charge in [-0.15, -0.1) is 0 Å². The Morgan fingerprint density at radius 3 is 3.04 bits per heavy atom. The van der Waals surface area contributed by atoms with Crippen LogP contribution in [0.2, 0.25) is 0 Å². The molecule has 0 radical (unpaired) electrons. The van der Waals surface area contributed by atoms with Gasteiger partial charge in [0.25, 0.3) is 5.91 Å². The van der Waals surface area contributed by atoms with Gasteiger partial charge in [0.2, 0.25) is 0 Å². The molecule has 0 fully saturated rings. The monoisotopic (exact) mass is 333 g/mol. The van der Waals surface area contributed by atoms with Gasteiger partial charge < -0.3 is 15.0 Å². The van der Waals surface area contributed by atoms with Gasteiger partial charge in [0.1, 0.15) is 5.65 Å². The van der Waals surface area contributed by atoms with E-state index in [1.807, 2.05) is 18.3 Å². The molecular formula is C19H15N3O3. The van der Waals surface area contributed by atoms with Crippen LogP contribution in [0.25, 0.3) is 22.7 Å². The van der Waals surface area contributed by atoms with Crippen LogP contribution in [0.5, 0.6) is 0 Å². The van der Waals surface area contributed by atoms with Gasteiger partial charge in [-0.3, -0.25) is 4.79 Å². The number of aromatic amines is 1. The van der Waals surface area contributed by atoms with E-state index in [-0.39, 0.29) is 5.91 Å². The molecule has 0 saturated heterocycles. The molecule has 6 heteroatoms. The number of hydrogen-bond acceptors (Lipinski definition) is 4. The Balaban J connectivity index is 1.81. The van der Waals surface area contributed by atoms with Crippen molar-refractivity contribution in [2.24, 2.45) is 0 Å². The van der Waals surface area contributed by atoms with Gasteiger partial charge in [-0.1, -0.05) is 0 Å². The number of amides is 1. The van der Waals surface area contributed by atoms with Crippen molar-refractivity contribution in [2.75, 3.05) is 11.9 Å². The molecule has 1 aromatic carbocycles. The first-order valence-corrected chi connectivity index (χ1v) is 7.94. The number of aromatic nitrogens is 2. The van der Waals surface area contributed by atoms with Crippen molar-refractivity contribution >= 4 is 40.2 Å². The topological polar surface area (TPSA) is 84.1 Å². The molecule has 0 saturated carbocycles. The molecule has 6 nitrogen and oxygen atoms in total. The number of pyridine rings is 1. The number of ether oxygens (including phenoxy) is 1. The minimum atomic E-state index is -0.403. The van der Waals surface area contributed by atoms with E-state index >= 15 is 0 Å². The third-order valence-corrected chi connectivity index (χ3v) is 4.10. The van der Waals surface area contributed by atoms with Crippen LogP contribution in [0, 0.1) is 0 Å². The van der Waals surface area contributed by atoms with E-state index in [1.165, 1.54) is 0 Å². The zero-order chi connectivity index (χ0) is 17.4. The highest BCUT2D eigenvalue weighted by Gasteiger charge is 2.25. The molecule has 0 atom stereocenters. The summed E-state index contributed by atoms with van der Waals surface area (Å²) < 4.78 is 5.04. The number of benzene rings is 1. The highest BCUT2D eigenvalue weighted by Crippen LogP contribution is 2.34. The summed E-state index contributed by atoms with van der Waals surface area (Å²) in [5.74, 6) is -0.602. The zero-order valence-corrected chi connectivity index (χ0v) is 13.5. The molecular weight excluding hydrogens is 318 g/mol. The second-order valence-electron chi connectivity index (χ2n) is 5.64. The molecule has 1 amide bonds. The maximum atomic E-state index is 12.4. The van der Waals surface area contributed by atoms with Crippen molar-refractivity contribution in [3.63, 3.8) is 0 Å². The van der Waals surface area contributed by atoms with E-state index in [1.54, 1.807) is 37.4 Å². The van der Waals surface area contributed by atoms with Crippen LogP contribution in [0.3, 0.4) is 0 Å². The number of rotatable bonds is 3. The van der Waals surface area contributed by atoms with Crippen LogP contribution in [0.15, 0.2) is 42.7 Å². The van der Waals surface area contributed by atoms with Gasteiger partial charge in [-0.05, 0) is 43.3 Å². The maximum Gasteiger partial charge on any atom is 0.338 e. The molecule has 0 aliphatic carbocycles. The Kier molecular flexibility index (Phi) is 3.57. The summed E-state index contributed by atoms with van der Waals surface area (Å²) in [6.07, 6.45) is 5.32. The minimum absolute atomic E-state index is 0.200. The number of carbonyl (C=O) groups excluding carboxylic acids is 2. The highest BCUT2D eigenvalue weighted by atomic mass is 16.5. The molecule has 3 heterocycles. The number of nitrogens with zero attached hydrogens (tertiary/aromatic N) is 1. The van der Waals surface area contributed by atoms with Crippen LogP contribution in [-0.2, 0) is 9.53 Å². The van der Waals surface area contributed by atoms with Crippen LogP contribution in [0.4, 0.5) is 5.69 Å². The third-order valence-electron chi connectivity index (χ3n) is 4.10. The summed E-state index contributed by atoms with van der Waals surface area (Å²) >= 11 is 0. The van der Waals surface area contributed by atoms with Gasteiger partial charge in [0, 0.05) is 40.2 Å². The predicted molar refractivity (Wildman–Crippen MR) is 95.0 cm³/mol. The molecule has 0 spiro atoms. The van der Waals surface area contributed by atoms with E-state index in [0.717, 1.165) is 16.6 Å². The Hall–Kier alpha value is -3.41. The summed E-state index contributed by atoms with van der Waals surface area (Å²) in [5, 5.41) is 3.75. The Bertz CT molecular complexity index is 1030. The molecule has 2 aromatic heterocycles. The standard InChI is InChI=1S/C19H15N3O3/c1-2-25-19(24)11-5-6-16-14(8-11)15(18(23)22-16)9-12-10-21-17-13(12)4-3-7-20-17/h3-10H,2H2,1H3,(H,20,21)(H,22,23)/b15-9+. The van der Waals surface area contributed by atoms with E-state index < -0.39 is 5.97 Å². The Morgan fingerprint density at radius 2 is 2.20 bits per heavy atom. The van der Waals surface area contributed by atoms with Crippen molar-refractivity contribution in [3.8, 4) is 0 Å². The van der Waals surface area contributed by atoms with E-state index in [4.69, 9.17) is 4.74 Å². The van der Waals surface area contributed by atoms with E-state index in [2.05, 4.69) is 15.3 Å². The Morgan fingerprint density at radius 1 is 1.32 bits per heavy atom. The van der Waals surface area contributed by atoms with Crippen LogP contribution in [-0.4, -0.2) is 28.5 Å². The van der Waals surface area contributed by atoms with Gasteiger partial charge in [-0.25, -0.2) is 9.78 Å². The van der Waals surface area contributed by atoms with Crippen molar-refractivity contribution in [1.29, 1.82) is 0 Å². The lowest BCUT2D eigenvalue weighted by molar-refractivity contribution is -0.110. The number of anilines is 1. The molecule has 1 aliphatic heterocycles. The van der Waals surface area contributed by atoms with Crippen LogP contribution >= 0.6 is 0 Å². The number of H-pyrrole nitrogens is 1. The summed E-state index contributed by atoms with van der Waals surface area (Å²) in [6, 6.07) is 8.84. The first-order chi connectivity index (χ1) is 12.2. The normalized spacial score (nSPS) is 14.6. The second-order valence-corrected chi connectivity index (χ2v) is 5.64. The van der Waals surface area contributed by atoms with Gasteiger partial charge in [-0.2, -0.15) is 0 Å². The number of fused-ring (bicyclic) bond motifs is 2. The van der Waals surface area contributed by atoms with E-state index in [9.17, 15) is 9.59 Å². The number of carbonyl (C=O) groups is 2. The number of nitrogens with one attached hydrogen (secondary N) is 2. The van der Waals surface area contributed by atoms with Crippen molar-refractivity contribution < 1.29 is 14.3 Å². The van der Waals surface area contributed by atoms with E-state index in [0.29, 0.717) is 29.0 Å². The number of hydrogen-bond donors (Lipinski definition) is 2. The lowest BCUT2D eigenvalue weighted by Gasteiger charge is -2.04. The quantitative estimate of drug-likeness (QED) is 0.569. The molecule has 0 bridgehead atoms. The molecule has 1 aliphatic rings. The third kappa shape index (κ3) is 2.57. The Labute approximate surface area is 143 Å².